The summed E-state index contributed by atoms with van der Waals surface area (Å²) in [6.07, 6.45) is 5.12. The van der Waals surface area contributed by atoms with Crippen molar-refractivity contribution in [2.45, 2.75) is 19.5 Å². The number of nitrogens with one attached hydrogen (secondary N) is 2. The molecule has 3 amide bonds. The van der Waals surface area contributed by atoms with Crippen LogP contribution < -0.4 is 15.5 Å². The van der Waals surface area contributed by atoms with Gasteiger partial charge in [0.15, 0.2) is 0 Å². The van der Waals surface area contributed by atoms with Gasteiger partial charge in [-0.1, -0.05) is 6.07 Å². The average Bonchev–Trinajstić information content (AvgIpc) is 2.73. The second-order valence-electron chi connectivity index (χ2n) is 6.41. The summed E-state index contributed by atoms with van der Waals surface area (Å²) >= 11 is 0. The minimum Gasteiger partial charge on any atom is -0.353 e. The van der Waals surface area contributed by atoms with E-state index in [0.717, 1.165) is 11.4 Å². The molecular formula is C19H24N6O2. The quantitative estimate of drug-likeness (QED) is 0.822. The van der Waals surface area contributed by atoms with Crippen molar-refractivity contribution in [3.63, 3.8) is 0 Å². The second kappa shape index (κ2) is 8.98. The van der Waals surface area contributed by atoms with Crippen molar-refractivity contribution in [2.75, 3.05) is 31.1 Å². The number of urea groups is 1. The summed E-state index contributed by atoms with van der Waals surface area (Å²) in [7, 11) is 0. The van der Waals surface area contributed by atoms with E-state index in [1.165, 1.54) is 0 Å². The maximum Gasteiger partial charge on any atom is 0.318 e. The Morgan fingerprint density at radius 3 is 2.48 bits per heavy atom. The number of piperazine rings is 1. The first-order valence-electron chi connectivity index (χ1n) is 9.01. The van der Waals surface area contributed by atoms with E-state index in [1.54, 1.807) is 30.4 Å². The fourth-order valence-electron chi connectivity index (χ4n) is 2.86. The third-order valence-electron chi connectivity index (χ3n) is 4.49. The number of aromatic nitrogens is 2. The molecule has 3 rings (SSSR count). The molecule has 3 heterocycles. The molecular weight excluding hydrogens is 344 g/mol. The van der Waals surface area contributed by atoms with Crippen LogP contribution in [0.1, 0.15) is 12.5 Å². The number of nitrogens with zero attached hydrogens (tertiary/aromatic N) is 4. The third kappa shape index (κ3) is 5.16. The van der Waals surface area contributed by atoms with Gasteiger partial charge in [-0.3, -0.25) is 9.78 Å². The van der Waals surface area contributed by atoms with E-state index in [0.29, 0.717) is 32.7 Å². The maximum atomic E-state index is 12.4. The zero-order valence-corrected chi connectivity index (χ0v) is 15.3. The molecule has 1 aliphatic heterocycles. The first kappa shape index (κ1) is 18.6. The largest absolute Gasteiger partial charge is 0.353 e. The summed E-state index contributed by atoms with van der Waals surface area (Å²) in [4.78, 5) is 36.8. The van der Waals surface area contributed by atoms with Crippen molar-refractivity contribution >= 4 is 17.8 Å². The van der Waals surface area contributed by atoms with Crippen LogP contribution >= 0.6 is 0 Å². The molecule has 2 N–H and O–H groups in total. The van der Waals surface area contributed by atoms with Crippen molar-refractivity contribution in [3.05, 3.63) is 54.5 Å². The molecule has 8 heteroatoms. The smallest absolute Gasteiger partial charge is 0.318 e. The molecule has 1 fully saturated rings. The number of carbonyl (C=O) groups is 2. The van der Waals surface area contributed by atoms with Gasteiger partial charge in [-0.2, -0.15) is 0 Å². The number of hydrogen-bond donors (Lipinski definition) is 2. The summed E-state index contributed by atoms with van der Waals surface area (Å²) in [6.45, 7) is 4.70. The van der Waals surface area contributed by atoms with Gasteiger partial charge in [-0.25, -0.2) is 9.78 Å². The van der Waals surface area contributed by atoms with Crippen LogP contribution in [0.3, 0.4) is 0 Å². The summed E-state index contributed by atoms with van der Waals surface area (Å²) < 4.78 is 0. The van der Waals surface area contributed by atoms with Gasteiger partial charge in [0.05, 0.1) is 0 Å². The minimum absolute atomic E-state index is 0.215. The first-order chi connectivity index (χ1) is 13.1. The van der Waals surface area contributed by atoms with Gasteiger partial charge in [0.1, 0.15) is 11.9 Å². The number of hydrogen-bond acceptors (Lipinski definition) is 5. The van der Waals surface area contributed by atoms with Gasteiger partial charge in [-0.15, -0.1) is 0 Å². The maximum absolute atomic E-state index is 12.4. The van der Waals surface area contributed by atoms with E-state index in [-0.39, 0.29) is 11.9 Å². The van der Waals surface area contributed by atoms with Gasteiger partial charge < -0.3 is 20.4 Å². The topological polar surface area (TPSA) is 90.5 Å². The van der Waals surface area contributed by atoms with Crippen LogP contribution in [0.25, 0.3) is 0 Å². The molecule has 0 bridgehead atoms. The molecule has 0 saturated carbocycles. The lowest BCUT2D eigenvalue weighted by Gasteiger charge is -2.35. The number of anilines is 1. The highest BCUT2D eigenvalue weighted by atomic mass is 16.2. The molecule has 0 unspecified atom stereocenters. The minimum atomic E-state index is -0.604. The Labute approximate surface area is 158 Å². The molecule has 2 aromatic heterocycles. The Morgan fingerprint density at radius 2 is 1.81 bits per heavy atom. The zero-order chi connectivity index (χ0) is 19.1. The monoisotopic (exact) mass is 368 g/mol. The number of pyridine rings is 2. The van der Waals surface area contributed by atoms with Crippen LogP contribution in [-0.4, -0.2) is 59.0 Å². The number of rotatable bonds is 5. The summed E-state index contributed by atoms with van der Waals surface area (Å²) in [5, 5.41) is 5.59. The highest BCUT2D eigenvalue weighted by Gasteiger charge is 2.24. The Morgan fingerprint density at radius 1 is 1.07 bits per heavy atom. The standard InChI is InChI=1S/C19H24N6O2/c1-15(18(26)22-14-16-5-8-20-9-6-16)23-19(27)25-12-10-24(11-13-25)17-4-2-3-7-21-17/h2-9,15H,10-14H2,1H3,(H,22,26)(H,23,27)/t15-/m0/s1. The van der Waals surface area contributed by atoms with Crippen molar-refractivity contribution < 1.29 is 9.59 Å². The zero-order valence-electron chi connectivity index (χ0n) is 15.3. The van der Waals surface area contributed by atoms with Crippen molar-refractivity contribution in [1.82, 2.24) is 25.5 Å². The van der Waals surface area contributed by atoms with E-state index < -0.39 is 6.04 Å². The molecule has 0 spiro atoms. The Hall–Kier alpha value is -3.16. The molecule has 8 nitrogen and oxygen atoms in total. The molecule has 27 heavy (non-hydrogen) atoms. The van der Waals surface area contributed by atoms with Gasteiger partial charge in [-0.05, 0) is 36.8 Å². The summed E-state index contributed by atoms with van der Waals surface area (Å²) in [5.74, 6) is 0.702. The van der Waals surface area contributed by atoms with Gasteiger partial charge in [0, 0.05) is 51.3 Å². The molecule has 0 radical (unpaired) electrons. The highest BCUT2D eigenvalue weighted by molar-refractivity contribution is 5.86. The van der Waals surface area contributed by atoms with Crippen LogP contribution in [0.2, 0.25) is 0 Å². The molecule has 2 aromatic rings. The normalized spacial score (nSPS) is 15.1. The lowest BCUT2D eigenvalue weighted by atomic mass is 10.2. The van der Waals surface area contributed by atoms with E-state index in [9.17, 15) is 9.59 Å². The molecule has 1 saturated heterocycles. The van der Waals surface area contributed by atoms with Crippen LogP contribution in [0.5, 0.6) is 0 Å². The molecule has 0 aliphatic carbocycles. The van der Waals surface area contributed by atoms with Crippen molar-refractivity contribution in [2.24, 2.45) is 0 Å². The SMILES string of the molecule is C[C@H](NC(=O)N1CCN(c2ccccn2)CC1)C(=O)NCc1ccncc1. The Kier molecular flexibility index (Phi) is 6.19. The summed E-state index contributed by atoms with van der Waals surface area (Å²) in [6, 6.07) is 8.65. The van der Waals surface area contributed by atoms with Crippen LogP contribution in [0.4, 0.5) is 10.6 Å². The Bertz CT molecular complexity index is 747. The lowest BCUT2D eigenvalue weighted by Crippen LogP contribution is -2.55. The van der Waals surface area contributed by atoms with Crippen LogP contribution in [0, 0.1) is 0 Å². The fourth-order valence-corrected chi connectivity index (χ4v) is 2.86. The molecule has 1 atom stereocenters. The predicted octanol–water partition coefficient (Wildman–Crippen LogP) is 1.01. The fraction of sp³-hybridized carbons (Fsp3) is 0.368. The summed E-state index contributed by atoms with van der Waals surface area (Å²) in [5.41, 5.74) is 0.961. The van der Waals surface area contributed by atoms with Crippen molar-refractivity contribution in [3.8, 4) is 0 Å². The van der Waals surface area contributed by atoms with E-state index in [1.807, 2.05) is 30.3 Å². The lowest BCUT2D eigenvalue weighted by molar-refractivity contribution is -0.122. The van der Waals surface area contributed by atoms with Gasteiger partial charge in [0.2, 0.25) is 5.91 Å². The third-order valence-corrected chi connectivity index (χ3v) is 4.49. The van der Waals surface area contributed by atoms with Crippen LogP contribution in [0.15, 0.2) is 48.9 Å². The molecule has 0 aromatic carbocycles. The van der Waals surface area contributed by atoms with E-state index in [2.05, 4.69) is 25.5 Å². The average molecular weight is 368 g/mol. The first-order valence-corrected chi connectivity index (χ1v) is 9.01. The van der Waals surface area contributed by atoms with E-state index in [4.69, 9.17) is 0 Å². The number of amides is 3. The van der Waals surface area contributed by atoms with E-state index >= 15 is 0 Å². The molecule has 1 aliphatic rings. The Balaban J connectivity index is 1.42. The number of carbonyl (C=O) groups excluding carboxylic acids is 2. The van der Waals surface area contributed by atoms with Crippen molar-refractivity contribution in [1.29, 1.82) is 0 Å². The molecule has 142 valence electrons. The second-order valence-corrected chi connectivity index (χ2v) is 6.41. The predicted molar refractivity (Wildman–Crippen MR) is 102 cm³/mol. The van der Waals surface area contributed by atoms with Crippen LogP contribution in [-0.2, 0) is 11.3 Å². The highest BCUT2D eigenvalue weighted by Crippen LogP contribution is 2.12. The van der Waals surface area contributed by atoms with Gasteiger partial charge in [0.25, 0.3) is 0 Å². The van der Waals surface area contributed by atoms with Gasteiger partial charge >= 0.3 is 6.03 Å².